The van der Waals surface area contributed by atoms with Crippen molar-refractivity contribution < 1.29 is 9.53 Å². The quantitative estimate of drug-likeness (QED) is 0.707. The second-order valence-corrected chi connectivity index (χ2v) is 4.10. The molecule has 1 N–H and O–H groups in total. The maximum atomic E-state index is 11.0. The van der Waals surface area contributed by atoms with Crippen molar-refractivity contribution in [2.75, 3.05) is 6.61 Å². The first-order valence-electron chi connectivity index (χ1n) is 4.96. The monoisotopic (exact) mass is 185 g/mol. The summed E-state index contributed by atoms with van der Waals surface area (Å²) in [5.74, 6) is 0.0549. The molecule has 1 fully saturated rings. The molecule has 1 rings (SSSR count). The summed E-state index contributed by atoms with van der Waals surface area (Å²) in [5.41, 5.74) is -0.0508. The molecule has 1 aliphatic heterocycles. The molecule has 13 heavy (non-hydrogen) atoms. The molecule has 3 nitrogen and oxygen atoms in total. The smallest absolute Gasteiger partial charge is 0.217 e. The summed E-state index contributed by atoms with van der Waals surface area (Å²) in [6.45, 7) is 6.54. The van der Waals surface area contributed by atoms with Crippen molar-refractivity contribution in [3.8, 4) is 0 Å². The van der Waals surface area contributed by atoms with Gasteiger partial charge in [-0.25, -0.2) is 0 Å². The molecule has 76 valence electrons. The van der Waals surface area contributed by atoms with Crippen molar-refractivity contribution in [1.29, 1.82) is 0 Å². The van der Waals surface area contributed by atoms with Gasteiger partial charge in [0, 0.05) is 19.1 Å². The first-order chi connectivity index (χ1) is 6.06. The van der Waals surface area contributed by atoms with Crippen molar-refractivity contribution >= 4 is 5.91 Å². The number of rotatable bonds is 2. The van der Waals surface area contributed by atoms with Gasteiger partial charge in [-0.15, -0.1) is 0 Å². The van der Waals surface area contributed by atoms with Crippen molar-refractivity contribution in [3.63, 3.8) is 0 Å². The Balaban J connectivity index is 2.51. The van der Waals surface area contributed by atoms with E-state index in [-0.39, 0.29) is 11.4 Å². The van der Waals surface area contributed by atoms with E-state index in [0.29, 0.717) is 6.10 Å². The van der Waals surface area contributed by atoms with Gasteiger partial charge < -0.3 is 10.1 Å². The van der Waals surface area contributed by atoms with Gasteiger partial charge >= 0.3 is 0 Å². The minimum absolute atomic E-state index is 0.0508. The van der Waals surface area contributed by atoms with E-state index in [4.69, 9.17) is 4.74 Å². The molecular weight excluding hydrogens is 166 g/mol. The lowest BCUT2D eigenvalue weighted by Crippen LogP contribution is -2.51. The van der Waals surface area contributed by atoms with Crippen LogP contribution in [0.15, 0.2) is 0 Å². The normalized spacial score (nSPS) is 34.2. The third kappa shape index (κ3) is 2.99. The average molecular weight is 185 g/mol. The maximum absolute atomic E-state index is 11.0. The molecule has 1 amide bonds. The van der Waals surface area contributed by atoms with Crippen LogP contribution in [-0.4, -0.2) is 24.2 Å². The van der Waals surface area contributed by atoms with Crippen LogP contribution < -0.4 is 5.32 Å². The minimum Gasteiger partial charge on any atom is -0.378 e. The Labute approximate surface area is 79.8 Å². The molecular formula is C10H19NO2. The SMILES string of the molecule is CC[C@H]1C[C@](C)(NC(C)=O)CCO1. The number of carbonyl (C=O) groups excluding carboxylic acids is 1. The van der Waals surface area contributed by atoms with E-state index in [0.717, 1.165) is 25.9 Å². The third-order valence-corrected chi connectivity index (χ3v) is 2.62. The molecule has 0 spiro atoms. The summed E-state index contributed by atoms with van der Waals surface area (Å²) in [7, 11) is 0. The van der Waals surface area contributed by atoms with Crippen LogP contribution in [-0.2, 0) is 9.53 Å². The average Bonchev–Trinajstić information content (AvgIpc) is 2.02. The molecule has 0 radical (unpaired) electrons. The highest BCUT2D eigenvalue weighted by atomic mass is 16.5. The summed E-state index contributed by atoms with van der Waals surface area (Å²) in [5, 5.41) is 3.00. The molecule has 0 aromatic heterocycles. The number of ether oxygens (including phenoxy) is 1. The van der Waals surface area contributed by atoms with Crippen molar-refractivity contribution in [2.24, 2.45) is 0 Å². The van der Waals surface area contributed by atoms with Gasteiger partial charge in [0.2, 0.25) is 5.91 Å². The Morgan fingerprint density at radius 1 is 1.69 bits per heavy atom. The number of hydrogen-bond acceptors (Lipinski definition) is 2. The van der Waals surface area contributed by atoms with Crippen LogP contribution in [0.3, 0.4) is 0 Å². The van der Waals surface area contributed by atoms with Crippen LogP contribution in [0.5, 0.6) is 0 Å². The van der Waals surface area contributed by atoms with Gasteiger partial charge in [-0.3, -0.25) is 4.79 Å². The van der Waals surface area contributed by atoms with Crippen LogP contribution in [0.25, 0.3) is 0 Å². The van der Waals surface area contributed by atoms with Gasteiger partial charge in [0.15, 0.2) is 0 Å². The fraction of sp³-hybridized carbons (Fsp3) is 0.900. The lowest BCUT2D eigenvalue weighted by atomic mass is 9.88. The highest BCUT2D eigenvalue weighted by Crippen LogP contribution is 2.25. The van der Waals surface area contributed by atoms with E-state index >= 15 is 0 Å². The largest absolute Gasteiger partial charge is 0.378 e. The van der Waals surface area contributed by atoms with Crippen LogP contribution in [0.1, 0.15) is 40.0 Å². The second kappa shape index (κ2) is 4.09. The molecule has 1 saturated heterocycles. The zero-order valence-corrected chi connectivity index (χ0v) is 8.72. The number of amides is 1. The van der Waals surface area contributed by atoms with Crippen molar-refractivity contribution in [3.05, 3.63) is 0 Å². The lowest BCUT2D eigenvalue weighted by molar-refractivity contribution is -0.122. The topological polar surface area (TPSA) is 38.3 Å². The highest BCUT2D eigenvalue weighted by molar-refractivity contribution is 5.73. The predicted octanol–water partition coefficient (Wildman–Crippen LogP) is 1.47. The van der Waals surface area contributed by atoms with Gasteiger partial charge in [0.05, 0.1) is 6.10 Å². The molecule has 0 aliphatic carbocycles. The molecule has 0 unspecified atom stereocenters. The van der Waals surface area contributed by atoms with Crippen LogP contribution in [0.2, 0.25) is 0 Å². The summed E-state index contributed by atoms with van der Waals surface area (Å²) < 4.78 is 5.55. The van der Waals surface area contributed by atoms with Gasteiger partial charge in [-0.2, -0.15) is 0 Å². The summed E-state index contributed by atoms with van der Waals surface area (Å²) in [6, 6.07) is 0. The Kier molecular flexibility index (Phi) is 3.31. The standard InChI is InChI=1S/C10H19NO2/c1-4-9-7-10(3,5-6-13-9)11-8(2)12/h9H,4-7H2,1-3H3,(H,11,12)/t9-,10+/m0/s1. The van der Waals surface area contributed by atoms with Crippen LogP contribution in [0, 0.1) is 0 Å². The molecule has 1 heterocycles. The van der Waals surface area contributed by atoms with Gasteiger partial charge in [-0.05, 0) is 26.2 Å². The van der Waals surface area contributed by atoms with E-state index in [1.54, 1.807) is 6.92 Å². The van der Waals surface area contributed by atoms with Gasteiger partial charge in [0.25, 0.3) is 0 Å². The van der Waals surface area contributed by atoms with E-state index in [9.17, 15) is 4.79 Å². The molecule has 1 aliphatic rings. The number of hydrogen-bond donors (Lipinski definition) is 1. The molecule has 0 aromatic carbocycles. The van der Waals surface area contributed by atoms with Gasteiger partial charge in [-0.1, -0.05) is 6.92 Å². The summed E-state index contributed by atoms with van der Waals surface area (Å²) in [6.07, 6.45) is 3.19. The molecule has 0 bridgehead atoms. The predicted molar refractivity (Wildman–Crippen MR) is 51.5 cm³/mol. The highest BCUT2D eigenvalue weighted by Gasteiger charge is 2.32. The third-order valence-electron chi connectivity index (χ3n) is 2.62. The Hall–Kier alpha value is -0.570. The van der Waals surface area contributed by atoms with Crippen LogP contribution >= 0.6 is 0 Å². The fourth-order valence-corrected chi connectivity index (χ4v) is 1.92. The van der Waals surface area contributed by atoms with E-state index < -0.39 is 0 Å². The maximum Gasteiger partial charge on any atom is 0.217 e. The van der Waals surface area contributed by atoms with Gasteiger partial charge in [0.1, 0.15) is 0 Å². The lowest BCUT2D eigenvalue weighted by Gasteiger charge is -2.38. The van der Waals surface area contributed by atoms with E-state index in [2.05, 4.69) is 19.2 Å². The fourth-order valence-electron chi connectivity index (χ4n) is 1.92. The Bertz CT molecular complexity index is 193. The second-order valence-electron chi connectivity index (χ2n) is 4.10. The Morgan fingerprint density at radius 3 is 2.92 bits per heavy atom. The molecule has 0 aromatic rings. The van der Waals surface area contributed by atoms with E-state index in [1.807, 2.05) is 0 Å². The molecule has 2 atom stereocenters. The van der Waals surface area contributed by atoms with Crippen molar-refractivity contribution in [1.82, 2.24) is 5.32 Å². The molecule has 0 saturated carbocycles. The minimum atomic E-state index is -0.0508. The zero-order chi connectivity index (χ0) is 9.90. The molecule has 3 heteroatoms. The Morgan fingerprint density at radius 2 is 2.38 bits per heavy atom. The van der Waals surface area contributed by atoms with Crippen LogP contribution in [0.4, 0.5) is 0 Å². The van der Waals surface area contributed by atoms with Crippen molar-refractivity contribution in [2.45, 2.75) is 51.7 Å². The first kappa shape index (κ1) is 10.5. The number of carbonyl (C=O) groups is 1. The number of nitrogens with one attached hydrogen (secondary N) is 1. The summed E-state index contributed by atoms with van der Waals surface area (Å²) in [4.78, 5) is 11.0. The zero-order valence-electron chi connectivity index (χ0n) is 8.72. The first-order valence-corrected chi connectivity index (χ1v) is 4.96. The summed E-state index contributed by atoms with van der Waals surface area (Å²) >= 11 is 0. The van der Waals surface area contributed by atoms with E-state index in [1.165, 1.54) is 0 Å².